The van der Waals surface area contributed by atoms with Gasteiger partial charge in [-0.1, -0.05) is 18.2 Å². The maximum Gasteiger partial charge on any atom is 0.180 e. The van der Waals surface area contributed by atoms with E-state index in [2.05, 4.69) is 0 Å². The molecule has 1 aliphatic rings. The third-order valence-corrected chi connectivity index (χ3v) is 2.11. The Morgan fingerprint density at radius 2 is 2.00 bits per heavy atom. The van der Waals surface area contributed by atoms with Crippen molar-refractivity contribution in [2.75, 3.05) is 11.4 Å². The van der Waals surface area contributed by atoms with Crippen LogP contribution in [0.25, 0.3) is 0 Å². The fraction of sp³-hybridized carbons (Fsp3) is 0.200. The van der Waals surface area contributed by atoms with E-state index in [4.69, 9.17) is 0 Å². The van der Waals surface area contributed by atoms with Crippen molar-refractivity contribution in [2.24, 2.45) is 0 Å². The van der Waals surface area contributed by atoms with Gasteiger partial charge >= 0.3 is 0 Å². The number of anilines is 1. The molecule has 1 unspecified atom stereocenters. The quantitative estimate of drug-likeness (QED) is 0.709. The van der Waals surface area contributed by atoms with E-state index in [1.54, 1.807) is 4.90 Å². The van der Waals surface area contributed by atoms with E-state index in [-0.39, 0.29) is 0 Å². The molecule has 0 spiro atoms. The lowest BCUT2D eigenvalue weighted by molar-refractivity contribution is 0.190. The zero-order valence-corrected chi connectivity index (χ0v) is 7.02. The van der Waals surface area contributed by atoms with Gasteiger partial charge in [0, 0.05) is 12.2 Å². The Morgan fingerprint density at radius 3 is 2.54 bits per heavy atom. The first-order valence-corrected chi connectivity index (χ1v) is 4.14. The average molecular weight is 179 g/mol. The Labute approximate surface area is 75.9 Å². The molecule has 0 aliphatic carbocycles. The molecule has 0 radical (unpaired) electrons. The lowest BCUT2D eigenvalue weighted by atomic mass is 10.3. The minimum absolute atomic E-state index is 0.428. The van der Waals surface area contributed by atoms with Crippen molar-refractivity contribution in [2.45, 2.75) is 6.23 Å². The highest BCUT2D eigenvalue weighted by molar-refractivity contribution is 5.50. The predicted octanol–water partition coefficient (Wildman–Crippen LogP) is 1.68. The minimum Gasteiger partial charge on any atom is -0.367 e. The van der Waals surface area contributed by atoms with Crippen LogP contribution in [0.15, 0.2) is 42.2 Å². The third kappa shape index (κ3) is 1.42. The molecular formula is C10H10FNO. The molecule has 1 aliphatic heterocycles. The first-order valence-electron chi connectivity index (χ1n) is 4.14. The molecule has 0 amide bonds. The fourth-order valence-corrected chi connectivity index (χ4v) is 1.41. The second kappa shape index (κ2) is 3.18. The van der Waals surface area contributed by atoms with Gasteiger partial charge in [-0.15, -0.1) is 0 Å². The largest absolute Gasteiger partial charge is 0.367 e. The summed E-state index contributed by atoms with van der Waals surface area (Å²) in [5.41, 5.74) is 0.832. The zero-order chi connectivity index (χ0) is 9.26. The van der Waals surface area contributed by atoms with E-state index < -0.39 is 12.1 Å². The Bertz CT molecular complexity index is 323. The van der Waals surface area contributed by atoms with Gasteiger partial charge in [0.15, 0.2) is 6.23 Å². The molecule has 1 aromatic rings. The highest BCUT2D eigenvalue weighted by Gasteiger charge is 2.24. The molecule has 0 bridgehead atoms. The average Bonchev–Trinajstić information content (AvgIpc) is 2.49. The van der Waals surface area contributed by atoms with Crippen molar-refractivity contribution in [1.82, 2.24) is 0 Å². The lowest BCUT2D eigenvalue weighted by Crippen LogP contribution is -2.30. The molecule has 1 atom stereocenters. The van der Waals surface area contributed by atoms with E-state index in [9.17, 15) is 9.50 Å². The van der Waals surface area contributed by atoms with Crippen LogP contribution in [0.2, 0.25) is 0 Å². The summed E-state index contributed by atoms with van der Waals surface area (Å²) < 4.78 is 12.8. The lowest BCUT2D eigenvalue weighted by Gasteiger charge is -2.22. The van der Waals surface area contributed by atoms with Crippen LogP contribution in [-0.4, -0.2) is 17.9 Å². The first-order chi connectivity index (χ1) is 6.29. The smallest absolute Gasteiger partial charge is 0.180 e. The van der Waals surface area contributed by atoms with E-state index in [0.717, 1.165) is 5.69 Å². The molecule has 1 heterocycles. The molecule has 2 nitrogen and oxygen atoms in total. The van der Waals surface area contributed by atoms with E-state index in [1.165, 1.54) is 6.08 Å². The SMILES string of the molecule is OC1C(F)=CCN1c1ccccc1. The van der Waals surface area contributed by atoms with Gasteiger partial charge in [0.1, 0.15) is 5.83 Å². The topological polar surface area (TPSA) is 23.5 Å². The van der Waals surface area contributed by atoms with Crippen molar-refractivity contribution >= 4 is 5.69 Å². The van der Waals surface area contributed by atoms with Crippen molar-refractivity contribution in [3.8, 4) is 0 Å². The van der Waals surface area contributed by atoms with Crippen molar-refractivity contribution in [3.05, 3.63) is 42.2 Å². The molecule has 1 N–H and O–H groups in total. The van der Waals surface area contributed by atoms with Crippen LogP contribution in [0.5, 0.6) is 0 Å². The minimum atomic E-state index is -1.11. The number of hydrogen-bond acceptors (Lipinski definition) is 2. The van der Waals surface area contributed by atoms with E-state index in [1.807, 2.05) is 30.3 Å². The van der Waals surface area contributed by atoms with Crippen molar-refractivity contribution in [1.29, 1.82) is 0 Å². The molecule has 13 heavy (non-hydrogen) atoms. The summed E-state index contributed by atoms with van der Waals surface area (Å²) in [5.74, 6) is -0.469. The Kier molecular flexibility index (Phi) is 2.02. The van der Waals surface area contributed by atoms with Gasteiger partial charge in [-0.05, 0) is 18.2 Å². The number of benzene rings is 1. The molecule has 1 aromatic carbocycles. The van der Waals surface area contributed by atoms with Crippen molar-refractivity contribution < 1.29 is 9.50 Å². The monoisotopic (exact) mass is 179 g/mol. The Balaban J connectivity index is 2.22. The fourth-order valence-electron chi connectivity index (χ4n) is 1.41. The summed E-state index contributed by atoms with van der Waals surface area (Å²) in [6.07, 6.45) is 0.278. The molecular weight excluding hydrogens is 169 g/mol. The summed E-state index contributed by atoms with van der Waals surface area (Å²) in [4.78, 5) is 1.59. The molecule has 68 valence electrons. The van der Waals surface area contributed by atoms with Gasteiger partial charge in [0.2, 0.25) is 0 Å². The van der Waals surface area contributed by atoms with Gasteiger partial charge in [0.25, 0.3) is 0 Å². The first kappa shape index (κ1) is 8.26. The number of hydrogen-bond donors (Lipinski definition) is 1. The number of nitrogens with zero attached hydrogens (tertiary/aromatic N) is 1. The molecule has 0 saturated heterocycles. The van der Waals surface area contributed by atoms with Crippen LogP contribution in [0.1, 0.15) is 0 Å². The van der Waals surface area contributed by atoms with Gasteiger partial charge < -0.3 is 10.0 Å². The Morgan fingerprint density at radius 1 is 1.31 bits per heavy atom. The number of rotatable bonds is 1. The molecule has 3 heteroatoms. The summed E-state index contributed by atoms with van der Waals surface area (Å²) in [6, 6.07) is 9.29. The highest BCUT2D eigenvalue weighted by atomic mass is 19.1. The number of aliphatic hydroxyl groups is 1. The van der Waals surface area contributed by atoms with Crippen LogP contribution in [0, 0.1) is 0 Å². The van der Waals surface area contributed by atoms with Gasteiger partial charge in [0.05, 0.1) is 0 Å². The molecule has 0 fully saturated rings. The van der Waals surface area contributed by atoms with Gasteiger partial charge in [-0.2, -0.15) is 0 Å². The number of aliphatic hydroxyl groups excluding tert-OH is 1. The van der Waals surface area contributed by atoms with Crippen molar-refractivity contribution in [3.63, 3.8) is 0 Å². The van der Waals surface area contributed by atoms with Gasteiger partial charge in [-0.3, -0.25) is 0 Å². The maximum atomic E-state index is 12.8. The summed E-state index contributed by atoms with van der Waals surface area (Å²) in [7, 11) is 0. The maximum absolute atomic E-state index is 12.8. The van der Waals surface area contributed by atoms with Crippen LogP contribution in [0.4, 0.5) is 10.1 Å². The predicted molar refractivity (Wildman–Crippen MR) is 49.0 cm³/mol. The van der Waals surface area contributed by atoms with Gasteiger partial charge in [-0.25, -0.2) is 4.39 Å². The number of para-hydroxylation sites is 1. The number of halogens is 1. The molecule has 0 aromatic heterocycles. The zero-order valence-electron chi connectivity index (χ0n) is 7.02. The van der Waals surface area contributed by atoms with E-state index >= 15 is 0 Å². The normalized spacial score (nSPS) is 21.8. The van der Waals surface area contributed by atoms with E-state index in [0.29, 0.717) is 6.54 Å². The van der Waals surface area contributed by atoms with Crippen LogP contribution in [0.3, 0.4) is 0 Å². The second-order valence-corrected chi connectivity index (χ2v) is 2.95. The standard InChI is InChI=1S/C10H10FNO/c11-9-6-7-12(10(9)13)8-4-2-1-3-5-8/h1-6,10,13H,7H2. The van der Waals surface area contributed by atoms with Crippen LogP contribution >= 0.6 is 0 Å². The van der Waals surface area contributed by atoms with Crippen LogP contribution < -0.4 is 4.90 Å². The summed E-state index contributed by atoms with van der Waals surface area (Å²) in [5, 5.41) is 9.39. The van der Waals surface area contributed by atoms with Crippen LogP contribution in [-0.2, 0) is 0 Å². The third-order valence-electron chi connectivity index (χ3n) is 2.11. The molecule has 2 rings (SSSR count). The Hall–Kier alpha value is -1.35. The molecule has 0 saturated carbocycles. The second-order valence-electron chi connectivity index (χ2n) is 2.95. The summed E-state index contributed by atoms with van der Waals surface area (Å²) in [6.45, 7) is 0.428. The highest BCUT2D eigenvalue weighted by Crippen LogP contribution is 2.24. The summed E-state index contributed by atoms with van der Waals surface area (Å²) >= 11 is 0.